The topological polar surface area (TPSA) is 89.2 Å². The summed E-state index contributed by atoms with van der Waals surface area (Å²) in [5, 5.41) is 28.0. The smallest absolute Gasteiger partial charge is 0.190 e. The van der Waals surface area contributed by atoms with Gasteiger partial charge in [0.2, 0.25) is 0 Å². The van der Waals surface area contributed by atoms with Gasteiger partial charge in [-0.3, -0.25) is 5.10 Å². The first kappa shape index (κ1) is 14.2. The minimum Gasteiger partial charge on any atom is -0.256 e. The molecule has 0 aliphatic heterocycles. The highest BCUT2D eigenvalue weighted by Crippen LogP contribution is 2.21. The van der Waals surface area contributed by atoms with Crippen molar-refractivity contribution in [1.82, 2.24) is 15.4 Å². The molecule has 0 saturated carbocycles. The Kier molecular flexibility index (Phi) is 3.95. The van der Waals surface area contributed by atoms with Gasteiger partial charge in [0, 0.05) is 5.56 Å². The molecule has 2 aromatic carbocycles. The van der Waals surface area contributed by atoms with E-state index in [1.807, 2.05) is 54.6 Å². The molecule has 0 radical (unpaired) electrons. The SMILES string of the molecule is N#Cc1ccc(/C=C/c2cccc(-c3[nH]nnc3C#N)c2)cc1. The Morgan fingerprint density at radius 2 is 1.70 bits per heavy atom. The highest BCUT2D eigenvalue weighted by molar-refractivity contribution is 5.74. The van der Waals surface area contributed by atoms with Crippen LogP contribution in [0.2, 0.25) is 0 Å². The van der Waals surface area contributed by atoms with E-state index in [1.54, 1.807) is 12.1 Å². The molecule has 0 atom stereocenters. The molecule has 0 bridgehead atoms. The molecule has 0 aliphatic rings. The third-order valence-electron chi connectivity index (χ3n) is 3.34. The fraction of sp³-hybridized carbons (Fsp3) is 0. The number of benzene rings is 2. The summed E-state index contributed by atoms with van der Waals surface area (Å²) in [5.74, 6) is 0. The van der Waals surface area contributed by atoms with Crippen LogP contribution in [0.1, 0.15) is 22.4 Å². The second-order valence-corrected chi connectivity index (χ2v) is 4.84. The van der Waals surface area contributed by atoms with Gasteiger partial charge in [-0.1, -0.05) is 47.7 Å². The van der Waals surface area contributed by atoms with E-state index in [1.165, 1.54) is 0 Å². The lowest BCUT2D eigenvalue weighted by molar-refractivity contribution is 0.937. The maximum absolute atomic E-state index is 9.02. The molecule has 1 N–H and O–H groups in total. The van der Waals surface area contributed by atoms with Crippen LogP contribution in [-0.2, 0) is 0 Å². The van der Waals surface area contributed by atoms with Crippen molar-refractivity contribution in [2.24, 2.45) is 0 Å². The zero-order chi connectivity index (χ0) is 16.1. The molecule has 1 aromatic heterocycles. The highest BCUT2D eigenvalue weighted by Gasteiger charge is 2.08. The van der Waals surface area contributed by atoms with Gasteiger partial charge in [-0.25, -0.2) is 0 Å². The summed E-state index contributed by atoms with van der Waals surface area (Å²) in [7, 11) is 0. The quantitative estimate of drug-likeness (QED) is 0.750. The minimum atomic E-state index is 0.276. The molecule has 0 amide bonds. The molecule has 23 heavy (non-hydrogen) atoms. The average molecular weight is 297 g/mol. The average Bonchev–Trinajstić information content (AvgIpc) is 3.09. The second kappa shape index (κ2) is 6.38. The number of nitrogens with zero attached hydrogens (tertiary/aromatic N) is 4. The maximum Gasteiger partial charge on any atom is 0.190 e. The van der Waals surface area contributed by atoms with Gasteiger partial charge in [0.05, 0.1) is 11.6 Å². The first-order chi connectivity index (χ1) is 11.3. The van der Waals surface area contributed by atoms with Crippen LogP contribution >= 0.6 is 0 Å². The monoisotopic (exact) mass is 297 g/mol. The standard InChI is InChI=1S/C18H11N5/c19-11-15-8-5-13(6-9-15)4-7-14-2-1-3-16(10-14)18-17(12-20)21-23-22-18/h1-10H,(H,21,22,23)/b7-4+. The first-order valence-electron chi connectivity index (χ1n) is 6.90. The van der Waals surface area contributed by atoms with Crippen molar-refractivity contribution in [3.05, 3.63) is 70.9 Å². The van der Waals surface area contributed by atoms with E-state index in [9.17, 15) is 0 Å². The Hall–Kier alpha value is -3.70. The van der Waals surface area contributed by atoms with Gasteiger partial charge in [0.1, 0.15) is 11.8 Å². The van der Waals surface area contributed by atoms with Crippen LogP contribution in [0, 0.1) is 22.7 Å². The van der Waals surface area contributed by atoms with Gasteiger partial charge in [-0.05, 0) is 29.3 Å². The highest BCUT2D eigenvalue weighted by atomic mass is 15.3. The van der Waals surface area contributed by atoms with E-state index in [4.69, 9.17) is 10.5 Å². The number of nitriles is 2. The summed E-state index contributed by atoms with van der Waals surface area (Å²) in [6.07, 6.45) is 3.94. The van der Waals surface area contributed by atoms with Crippen LogP contribution in [0.4, 0.5) is 0 Å². The third kappa shape index (κ3) is 3.15. The number of nitrogens with one attached hydrogen (secondary N) is 1. The van der Waals surface area contributed by atoms with Crippen molar-refractivity contribution >= 4 is 12.2 Å². The second-order valence-electron chi connectivity index (χ2n) is 4.84. The molecule has 3 rings (SSSR count). The maximum atomic E-state index is 9.02. The van der Waals surface area contributed by atoms with Gasteiger partial charge < -0.3 is 0 Å². The van der Waals surface area contributed by atoms with Crippen molar-refractivity contribution in [2.45, 2.75) is 0 Å². The van der Waals surface area contributed by atoms with Crippen molar-refractivity contribution in [2.75, 3.05) is 0 Å². The number of H-pyrrole nitrogens is 1. The largest absolute Gasteiger partial charge is 0.256 e. The fourth-order valence-electron chi connectivity index (χ4n) is 2.17. The summed E-state index contributed by atoms with van der Waals surface area (Å²) in [5.41, 5.74) is 4.38. The van der Waals surface area contributed by atoms with E-state index >= 15 is 0 Å². The van der Waals surface area contributed by atoms with E-state index in [0.29, 0.717) is 11.3 Å². The molecular weight excluding hydrogens is 286 g/mol. The van der Waals surface area contributed by atoms with Crippen LogP contribution in [0.3, 0.4) is 0 Å². The molecule has 108 valence electrons. The van der Waals surface area contributed by atoms with E-state index in [-0.39, 0.29) is 5.69 Å². The number of hydrogen-bond donors (Lipinski definition) is 1. The third-order valence-corrected chi connectivity index (χ3v) is 3.34. The number of rotatable bonds is 3. The minimum absolute atomic E-state index is 0.276. The summed E-state index contributed by atoms with van der Waals surface area (Å²) in [6, 6.07) is 19.2. The Labute approximate surface area is 133 Å². The van der Waals surface area contributed by atoms with Crippen LogP contribution in [-0.4, -0.2) is 15.4 Å². The van der Waals surface area contributed by atoms with E-state index < -0.39 is 0 Å². The molecule has 0 spiro atoms. The number of aromatic amines is 1. The van der Waals surface area contributed by atoms with Crippen molar-refractivity contribution < 1.29 is 0 Å². The molecule has 0 aliphatic carbocycles. The molecule has 0 fully saturated rings. The van der Waals surface area contributed by atoms with Crippen LogP contribution in [0.15, 0.2) is 48.5 Å². The van der Waals surface area contributed by atoms with Crippen LogP contribution in [0.5, 0.6) is 0 Å². The zero-order valence-corrected chi connectivity index (χ0v) is 12.1. The predicted octanol–water partition coefficient (Wildman–Crippen LogP) is 3.39. The molecule has 1 heterocycles. The summed E-state index contributed by atoms with van der Waals surface area (Å²) in [4.78, 5) is 0. The predicted molar refractivity (Wildman–Crippen MR) is 86.6 cm³/mol. The number of aromatic nitrogens is 3. The molecule has 5 nitrogen and oxygen atoms in total. The van der Waals surface area contributed by atoms with Gasteiger partial charge in [-0.15, -0.1) is 5.10 Å². The van der Waals surface area contributed by atoms with Gasteiger partial charge in [0.25, 0.3) is 0 Å². The fourth-order valence-corrected chi connectivity index (χ4v) is 2.17. The van der Waals surface area contributed by atoms with E-state index in [0.717, 1.165) is 16.7 Å². The van der Waals surface area contributed by atoms with Crippen LogP contribution < -0.4 is 0 Å². The Morgan fingerprint density at radius 3 is 2.43 bits per heavy atom. The Bertz CT molecular complexity index is 937. The molecule has 0 unspecified atom stereocenters. The van der Waals surface area contributed by atoms with Gasteiger partial charge in [-0.2, -0.15) is 10.5 Å². The lowest BCUT2D eigenvalue weighted by atomic mass is 10.1. The summed E-state index contributed by atoms with van der Waals surface area (Å²) >= 11 is 0. The van der Waals surface area contributed by atoms with Crippen molar-refractivity contribution in [3.8, 4) is 23.4 Å². The van der Waals surface area contributed by atoms with Gasteiger partial charge in [0.15, 0.2) is 5.69 Å². The molecule has 5 heteroatoms. The normalized spacial score (nSPS) is 10.3. The van der Waals surface area contributed by atoms with E-state index in [2.05, 4.69) is 21.5 Å². The van der Waals surface area contributed by atoms with Crippen LogP contribution in [0.25, 0.3) is 23.4 Å². The summed E-state index contributed by atoms with van der Waals surface area (Å²) < 4.78 is 0. The van der Waals surface area contributed by atoms with Crippen molar-refractivity contribution in [1.29, 1.82) is 10.5 Å². The lowest BCUT2D eigenvalue weighted by Crippen LogP contribution is -1.83. The zero-order valence-electron chi connectivity index (χ0n) is 12.1. The lowest BCUT2D eigenvalue weighted by Gasteiger charge is -2.00. The molecular formula is C18H11N5. The first-order valence-corrected chi connectivity index (χ1v) is 6.90. The van der Waals surface area contributed by atoms with Gasteiger partial charge >= 0.3 is 0 Å². The Balaban J connectivity index is 1.87. The van der Waals surface area contributed by atoms with Crippen molar-refractivity contribution in [3.63, 3.8) is 0 Å². The molecule has 0 saturated heterocycles. The summed E-state index contributed by atoms with van der Waals surface area (Å²) in [6.45, 7) is 0. The molecule has 3 aromatic rings. The number of hydrogen-bond acceptors (Lipinski definition) is 4. The Morgan fingerprint density at radius 1 is 0.913 bits per heavy atom.